The van der Waals surface area contributed by atoms with E-state index >= 15 is 0 Å². The van der Waals surface area contributed by atoms with Gasteiger partial charge in [0.1, 0.15) is 0 Å². The molecule has 8 heavy (non-hydrogen) atoms. The molecule has 0 fully saturated rings. The molecule has 0 spiro atoms. The fourth-order valence-electron chi connectivity index (χ4n) is 0.229. The van der Waals surface area contributed by atoms with Crippen LogP contribution in [0.25, 0.3) is 0 Å². The predicted molar refractivity (Wildman–Crippen MR) is 24.0 cm³/mol. The Labute approximate surface area is 45.8 Å². The molecule has 0 aliphatic carbocycles. The number of aliphatic hydroxyl groups is 2. The molecule has 0 radical (unpaired) electrons. The van der Waals surface area contributed by atoms with E-state index in [0.717, 1.165) is 0 Å². The van der Waals surface area contributed by atoms with Crippen LogP contribution in [0.1, 0.15) is 0 Å². The van der Waals surface area contributed by atoms with Crippen molar-refractivity contribution < 1.29 is 19.0 Å². The lowest BCUT2D eigenvalue weighted by Gasteiger charge is -2.05. The Hall–Kier alpha value is -0.220. The summed E-state index contributed by atoms with van der Waals surface area (Å²) in [5, 5.41) is 15.8. The molecule has 0 heterocycles. The van der Waals surface area contributed by atoms with Crippen LogP contribution in [-0.2, 0) is 0 Å². The van der Waals surface area contributed by atoms with Crippen LogP contribution in [0.15, 0.2) is 0 Å². The molecule has 0 amide bonds. The smallest absolute Gasteiger partial charge is 0.156 e. The van der Waals surface area contributed by atoms with Crippen molar-refractivity contribution in [2.75, 3.05) is 13.2 Å². The van der Waals surface area contributed by atoms with Crippen LogP contribution in [0.3, 0.4) is 0 Å². The van der Waals surface area contributed by atoms with Crippen LogP contribution in [0.5, 0.6) is 0 Å². The van der Waals surface area contributed by atoms with Gasteiger partial charge in [0.25, 0.3) is 0 Å². The fraction of sp³-hybridized carbons (Fsp3) is 1.00. The van der Waals surface area contributed by atoms with Crippen LogP contribution in [-0.4, -0.2) is 35.8 Å². The largest absolute Gasteiger partial charge is 0.393 e. The van der Waals surface area contributed by atoms with Crippen LogP contribution < -0.4 is 0 Å². The van der Waals surface area contributed by atoms with E-state index < -0.39 is 25.6 Å². The second-order valence-corrected chi connectivity index (χ2v) is 1.40. The first-order valence-electron chi connectivity index (χ1n) is 2.22. The van der Waals surface area contributed by atoms with Crippen molar-refractivity contribution in [2.24, 2.45) is 0 Å². The van der Waals surface area contributed by atoms with Gasteiger partial charge in [0, 0.05) is 0 Å². The van der Waals surface area contributed by atoms with Gasteiger partial charge in [0.15, 0.2) is 12.3 Å². The Morgan fingerprint density at radius 1 is 1.00 bits per heavy atom. The lowest BCUT2D eigenvalue weighted by Crippen LogP contribution is -2.24. The first kappa shape index (κ1) is 7.78. The molecule has 0 aromatic heterocycles. The van der Waals surface area contributed by atoms with E-state index in [1.54, 1.807) is 0 Å². The summed E-state index contributed by atoms with van der Waals surface area (Å²) >= 11 is 0. The van der Waals surface area contributed by atoms with E-state index in [1.165, 1.54) is 0 Å². The molecule has 0 rings (SSSR count). The van der Waals surface area contributed by atoms with E-state index in [-0.39, 0.29) is 0 Å². The van der Waals surface area contributed by atoms with E-state index in [9.17, 15) is 8.78 Å². The average molecular weight is 126 g/mol. The van der Waals surface area contributed by atoms with Crippen molar-refractivity contribution in [1.29, 1.82) is 0 Å². The highest BCUT2D eigenvalue weighted by molar-refractivity contribution is 4.64. The number of alkyl halides is 2. The topological polar surface area (TPSA) is 40.5 Å². The molecule has 0 aliphatic heterocycles. The summed E-state index contributed by atoms with van der Waals surface area (Å²) in [5.41, 5.74) is 0. The maximum absolute atomic E-state index is 11.7. The zero-order valence-corrected chi connectivity index (χ0v) is 4.22. The molecule has 0 saturated heterocycles. The molecule has 0 aromatic rings. The highest BCUT2D eigenvalue weighted by Crippen LogP contribution is 2.00. The molecule has 2 atom stereocenters. The number of rotatable bonds is 3. The van der Waals surface area contributed by atoms with E-state index in [0.29, 0.717) is 0 Å². The normalized spacial score (nSPS) is 18.0. The summed E-state index contributed by atoms with van der Waals surface area (Å²) < 4.78 is 23.5. The van der Waals surface area contributed by atoms with Crippen LogP contribution in [0.4, 0.5) is 8.78 Å². The van der Waals surface area contributed by atoms with Crippen molar-refractivity contribution in [3.05, 3.63) is 0 Å². The summed E-state index contributed by atoms with van der Waals surface area (Å²) in [7, 11) is 0. The van der Waals surface area contributed by atoms with E-state index in [1.807, 2.05) is 0 Å². The second-order valence-electron chi connectivity index (χ2n) is 1.40. The Balaban J connectivity index is 3.29. The quantitative estimate of drug-likeness (QED) is 0.542. The first-order chi connectivity index (χ1) is 3.72. The summed E-state index contributed by atoms with van der Waals surface area (Å²) in [6, 6.07) is 0. The van der Waals surface area contributed by atoms with Gasteiger partial charge >= 0.3 is 0 Å². The molecule has 0 aliphatic rings. The molecule has 2 unspecified atom stereocenters. The Bertz CT molecular complexity index is 52.0. The summed E-state index contributed by atoms with van der Waals surface area (Å²) in [6.45, 7) is -1.75. The minimum atomic E-state index is -1.94. The summed E-state index contributed by atoms with van der Waals surface area (Å²) in [4.78, 5) is 0. The Morgan fingerprint density at radius 3 is 1.38 bits per heavy atom. The first-order valence-corrected chi connectivity index (χ1v) is 2.22. The Kier molecular flexibility index (Phi) is 3.64. The third kappa shape index (κ3) is 2.18. The van der Waals surface area contributed by atoms with Crippen LogP contribution >= 0.6 is 0 Å². The van der Waals surface area contributed by atoms with Gasteiger partial charge in [-0.3, -0.25) is 0 Å². The van der Waals surface area contributed by atoms with Crippen molar-refractivity contribution in [2.45, 2.75) is 12.3 Å². The molecule has 4 heteroatoms. The maximum atomic E-state index is 11.7. The summed E-state index contributed by atoms with van der Waals surface area (Å²) in [6.07, 6.45) is -3.89. The summed E-state index contributed by atoms with van der Waals surface area (Å²) in [5.74, 6) is 0. The Morgan fingerprint density at radius 2 is 1.25 bits per heavy atom. The third-order valence-electron chi connectivity index (χ3n) is 0.741. The zero-order valence-electron chi connectivity index (χ0n) is 4.22. The second kappa shape index (κ2) is 3.74. The van der Waals surface area contributed by atoms with Gasteiger partial charge < -0.3 is 10.2 Å². The lowest BCUT2D eigenvalue weighted by atomic mass is 10.3. The van der Waals surface area contributed by atoms with Crippen molar-refractivity contribution in [3.8, 4) is 0 Å². The number of hydrogen-bond donors (Lipinski definition) is 2. The standard InChI is InChI=1S/C4H8F2O2/c5-3(1-7)4(6)2-8/h3-4,7-8H,1-2H2. The SMILES string of the molecule is OCC(F)C(F)CO. The van der Waals surface area contributed by atoms with E-state index in [4.69, 9.17) is 10.2 Å². The van der Waals surface area contributed by atoms with Crippen LogP contribution in [0.2, 0.25) is 0 Å². The number of aliphatic hydroxyl groups excluding tert-OH is 2. The zero-order chi connectivity index (χ0) is 6.57. The molecule has 0 saturated carbocycles. The predicted octanol–water partition coefficient (Wildman–Crippen LogP) is -0.353. The van der Waals surface area contributed by atoms with Gasteiger partial charge in [0.2, 0.25) is 0 Å². The fourth-order valence-corrected chi connectivity index (χ4v) is 0.229. The lowest BCUT2D eigenvalue weighted by molar-refractivity contribution is 0.0590. The molecule has 2 N–H and O–H groups in total. The van der Waals surface area contributed by atoms with Crippen molar-refractivity contribution in [3.63, 3.8) is 0 Å². The van der Waals surface area contributed by atoms with E-state index in [2.05, 4.69) is 0 Å². The third-order valence-corrected chi connectivity index (χ3v) is 0.741. The molecular formula is C4H8F2O2. The number of hydrogen-bond acceptors (Lipinski definition) is 2. The van der Waals surface area contributed by atoms with Gasteiger partial charge in [-0.25, -0.2) is 8.78 Å². The van der Waals surface area contributed by atoms with Crippen molar-refractivity contribution >= 4 is 0 Å². The monoisotopic (exact) mass is 126 g/mol. The van der Waals surface area contributed by atoms with Crippen molar-refractivity contribution in [1.82, 2.24) is 0 Å². The highest BCUT2D eigenvalue weighted by atomic mass is 19.2. The molecule has 0 aromatic carbocycles. The van der Waals surface area contributed by atoms with Gasteiger partial charge in [0.05, 0.1) is 13.2 Å². The average Bonchev–Trinajstić information content (AvgIpc) is 1.84. The van der Waals surface area contributed by atoms with Gasteiger partial charge in [-0.2, -0.15) is 0 Å². The molecule has 0 bridgehead atoms. The van der Waals surface area contributed by atoms with Crippen LogP contribution in [0, 0.1) is 0 Å². The molecule has 2 nitrogen and oxygen atoms in total. The number of halogens is 2. The highest BCUT2D eigenvalue weighted by Gasteiger charge is 2.17. The molecular weight excluding hydrogens is 118 g/mol. The molecule has 50 valence electrons. The maximum Gasteiger partial charge on any atom is 0.156 e. The van der Waals surface area contributed by atoms with Gasteiger partial charge in [-0.05, 0) is 0 Å². The minimum Gasteiger partial charge on any atom is -0.393 e. The minimum absolute atomic E-state index is 0.873. The van der Waals surface area contributed by atoms with Gasteiger partial charge in [-0.1, -0.05) is 0 Å². The van der Waals surface area contributed by atoms with Gasteiger partial charge in [-0.15, -0.1) is 0 Å².